The van der Waals surface area contributed by atoms with Gasteiger partial charge in [-0.05, 0) is 56.2 Å². The van der Waals surface area contributed by atoms with Gasteiger partial charge in [-0.25, -0.2) is 13.4 Å². The molecule has 0 spiro atoms. The van der Waals surface area contributed by atoms with E-state index in [0.29, 0.717) is 17.3 Å². The van der Waals surface area contributed by atoms with E-state index in [0.717, 1.165) is 28.1 Å². The Hall–Kier alpha value is -2.80. The Morgan fingerprint density at radius 1 is 1.00 bits per heavy atom. The molecule has 0 saturated carbocycles. The van der Waals surface area contributed by atoms with Crippen LogP contribution in [0.5, 0.6) is 5.75 Å². The Bertz CT molecular complexity index is 1080. The van der Waals surface area contributed by atoms with Crippen LogP contribution in [-0.4, -0.2) is 20.5 Å². The first-order valence-corrected chi connectivity index (χ1v) is 9.92. The van der Waals surface area contributed by atoms with Gasteiger partial charge in [0, 0.05) is 18.2 Å². The molecule has 0 radical (unpaired) electrons. The topological polar surface area (TPSA) is 81.4 Å². The monoisotopic (exact) mass is 386 g/mol. The molecule has 1 N–H and O–H groups in total. The lowest BCUT2D eigenvalue weighted by atomic mass is 10.1. The van der Waals surface area contributed by atoms with Crippen LogP contribution in [0.2, 0.25) is 0 Å². The molecule has 0 amide bonds. The summed E-state index contributed by atoms with van der Waals surface area (Å²) >= 11 is 0. The summed E-state index contributed by atoms with van der Waals surface area (Å²) < 4.78 is 39.0. The summed E-state index contributed by atoms with van der Waals surface area (Å²) in [6.45, 7) is 7.41. The number of rotatable bonds is 5. The standard InChI is InChI=1S/C20H22N2O4S/c1-12-10-18(25-5)19(11-13(12)2)27(23,24)22-17-8-6-16(7-9-17)20-14(3)26-15(4)21-20/h6-11,22H,1-5H3. The third-order valence-electron chi connectivity index (χ3n) is 4.38. The highest BCUT2D eigenvalue weighted by Gasteiger charge is 2.21. The second-order valence-corrected chi connectivity index (χ2v) is 8.06. The lowest BCUT2D eigenvalue weighted by Gasteiger charge is -2.14. The number of methoxy groups -OCH3 is 1. The first kappa shape index (κ1) is 19.0. The normalized spacial score (nSPS) is 11.4. The number of hydrogen-bond donors (Lipinski definition) is 1. The highest BCUT2D eigenvalue weighted by molar-refractivity contribution is 7.92. The zero-order chi connectivity index (χ0) is 19.8. The number of nitrogens with zero attached hydrogens (tertiary/aromatic N) is 1. The smallest absolute Gasteiger partial charge is 0.265 e. The van der Waals surface area contributed by atoms with E-state index in [2.05, 4.69) is 9.71 Å². The summed E-state index contributed by atoms with van der Waals surface area (Å²) in [7, 11) is -2.33. The average molecular weight is 386 g/mol. The Kier molecular flexibility index (Phi) is 4.97. The van der Waals surface area contributed by atoms with Gasteiger partial charge < -0.3 is 9.15 Å². The largest absolute Gasteiger partial charge is 0.495 e. The van der Waals surface area contributed by atoms with Crippen molar-refractivity contribution >= 4 is 15.7 Å². The number of aromatic nitrogens is 1. The second-order valence-electron chi connectivity index (χ2n) is 6.41. The fraction of sp³-hybridized carbons (Fsp3) is 0.250. The van der Waals surface area contributed by atoms with Crippen molar-refractivity contribution < 1.29 is 17.6 Å². The number of anilines is 1. The van der Waals surface area contributed by atoms with E-state index in [1.165, 1.54) is 7.11 Å². The van der Waals surface area contributed by atoms with E-state index < -0.39 is 10.0 Å². The Morgan fingerprint density at radius 3 is 2.19 bits per heavy atom. The number of sulfonamides is 1. The van der Waals surface area contributed by atoms with E-state index >= 15 is 0 Å². The summed E-state index contributed by atoms with van der Waals surface area (Å²) in [5.74, 6) is 1.63. The molecule has 2 aromatic carbocycles. The summed E-state index contributed by atoms with van der Waals surface area (Å²) in [5.41, 5.74) is 3.91. The van der Waals surface area contributed by atoms with E-state index in [4.69, 9.17) is 9.15 Å². The minimum atomic E-state index is -3.79. The van der Waals surface area contributed by atoms with Crippen LogP contribution in [0.1, 0.15) is 22.8 Å². The maximum absolute atomic E-state index is 12.8. The number of oxazole rings is 1. The van der Waals surface area contributed by atoms with Crippen LogP contribution in [0.4, 0.5) is 5.69 Å². The first-order valence-electron chi connectivity index (χ1n) is 8.44. The van der Waals surface area contributed by atoms with Gasteiger partial charge in [-0.1, -0.05) is 12.1 Å². The lowest BCUT2D eigenvalue weighted by molar-refractivity contribution is 0.402. The van der Waals surface area contributed by atoms with Gasteiger partial charge >= 0.3 is 0 Å². The van der Waals surface area contributed by atoms with Crippen molar-refractivity contribution in [3.8, 4) is 17.0 Å². The fourth-order valence-corrected chi connectivity index (χ4v) is 4.13. The molecule has 0 saturated heterocycles. The molecule has 0 aliphatic rings. The van der Waals surface area contributed by atoms with E-state index in [-0.39, 0.29) is 4.90 Å². The molecule has 0 bridgehead atoms. The molecule has 0 fully saturated rings. The molecule has 27 heavy (non-hydrogen) atoms. The van der Waals surface area contributed by atoms with E-state index in [1.54, 1.807) is 43.3 Å². The minimum Gasteiger partial charge on any atom is -0.495 e. The van der Waals surface area contributed by atoms with Gasteiger partial charge in [0.1, 0.15) is 22.1 Å². The van der Waals surface area contributed by atoms with Crippen LogP contribution in [0, 0.1) is 27.7 Å². The van der Waals surface area contributed by atoms with Crippen molar-refractivity contribution in [2.24, 2.45) is 0 Å². The molecule has 0 atom stereocenters. The molecule has 142 valence electrons. The molecular weight excluding hydrogens is 364 g/mol. The van der Waals surface area contributed by atoms with E-state index in [1.807, 2.05) is 20.8 Å². The maximum atomic E-state index is 12.8. The first-order chi connectivity index (χ1) is 12.7. The van der Waals surface area contributed by atoms with Gasteiger partial charge in [0.2, 0.25) is 0 Å². The van der Waals surface area contributed by atoms with Crippen LogP contribution >= 0.6 is 0 Å². The number of aryl methyl sites for hydroxylation is 4. The van der Waals surface area contributed by atoms with Gasteiger partial charge in [0.15, 0.2) is 5.89 Å². The molecule has 3 aromatic rings. The van der Waals surface area contributed by atoms with Gasteiger partial charge in [-0.15, -0.1) is 0 Å². The third-order valence-corrected chi connectivity index (χ3v) is 5.79. The molecule has 7 heteroatoms. The number of benzene rings is 2. The van der Waals surface area contributed by atoms with Crippen LogP contribution in [-0.2, 0) is 10.0 Å². The highest BCUT2D eigenvalue weighted by atomic mass is 32.2. The zero-order valence-corrected chi connectivity index (χ0v) is 16.8. The molecule has 1 heterocycles. The number of hydrogen-bond acceptors (Lipinski definition) is 5. The Morgan fingerprint density at radius 2 is 1.63 bits per heavy atom. The number of ether oxygens (including phenoxy) is 1. The lowest BCUT2D eigenvalue weighted by Crippen LogP contribution is -2.14. The summed E-state index contributed by atoms with van der Waals surface area (Å²) in [6, 6.07) is 10.3. The van der Waals surface area contributed by atoms with Crippen LogP contribution in [0.25, 0.3) is 11.3 Å². The summed E-state index contributed by atoms with van der Waals surface area (Å²) in [4.78, 5) is 4.46. The second kappa shape index (κ2) is 7.08. The molecule has 0 aliphatic heterocycles. The quantitative estimate of drug-likeness (QED) is 0.703. The van der Waals surface area contributed by atoms with E-state index in [9.17, 15) is 8.42 Å². The number of nitrogens with one attached hydrogen (secondary N) is 1. The molecule has 0 unspecified atom stereocenters. The van der Waals surface area contributed by atoms with Gasteiger partial charge in [-0.2, -0.15) is 0 Å². The van der Waals surface area contributed by atoms with Crippen molar-refractivity contribution in [1.82, 2.24) is 4.98 Å². The third kappa shape index (κ3) is 3.83. The van der Waals surface area contributed by atoms with Crippen molar-refractivity contribution in [3.05, 3.63) is 59.2 Å². The van der Waals surface area contributed by atoms with Crippen LogP contribution in [0.15, 0.2) is 45.7 Å². The molecular formula is C20H22N2O4S. The summed E-state index contributed by atoms with van der Waals surface area (Å²) in [5, 5.41) is 0. The van der Waals surface area contributed by atoms with Crippen LogP contribution < -0.4 is 9.46 Å². The van der Waals surface area contributed by atoms with Crippen molar-refractivity contribution in [3.63, 3.8) is 0 Å². The SMILES string of the molecule is COc1cc(C)c(C)cc1S(=O)(=O)Nc1ccc(-c2nc(C)oc2C)cc1. The predicted octanol–water partition coefficient (Wildman–Crippen LogP) is 4.38. The summed E-state index contributed by atoms with van der Waals surface area (Å²) in [6.07, 6.45) is 0. The van der Waals surface area contributed by atoms with Gasteiger partial charge in [-0.3, -0.25) is 4.72 Å². The maximum Gasteiger partial charge on any atom is 0.265 e. The zero-order valence-electron chi connectivity index (χ0n) is 16.0. The van der Waals surface area contributed by atoms with Crippen LogP contribution in [0.3, 0.4) is 0 Å². The molecule has 3 rings (SSSR count). The molecule has 1 aromatic heterocycles. The fourth-order valence-electron chi connectivity index (χ4n) is 2.84. The Labute approximate surface area is 159 Å². The molecule has 6 nitrogen and oxygen atoms in total. The minimum absolute atomic E-state index is 0.111. The van der Waals surface area contributed by atoms with Gasteiger partial charge in [0.05, 0.1) is 7.11 Å². The van der Waals surface area contributed by atoms with Crippen molar-refractivity contribution in [2.75, 3.05) is 11.8 Å². The van der Waals surface area contributed by atoms with Crippen molar-refractivity contribution in [2.45, 2.75) is 32.6 Å². The Balaban J connectivity index is 1.91. The van der Waals surface area contributed by atoms with Gasteiger partial charge in [0.25, 0.3) is 10.0 Å². The molecule has 0 aliphatic carbocycles. The highest BCUT2D eigenvalue weighted by Crippen LogP contribution is 2.30. The van der Waals surface area contributed by atoms with Crippen molar-refractivity contribution in [1.29, 1.82) is 0 Å². The average Bonchev–Trinajstić information content (AvgIpc) is 2.95. The predicted molar refractivity (Wildman–Crippen MR) is 105 cm³/mol.